The molecule has 0 saturated carbocycles. The van der Waals surface area contributed by atoms with Gasteiger partial charge in [0.25, 0.3) is 0 Å². The summed E-state index contributed by atoms with van der Waals surface area (Å²) in [7, 11) is 0. The molecule has 0 unspecified atom stereocenters. The molecule has 1 aliphatic heterocycles. The Balaban J connectivity index is 2.02. The number of para-hydroxylation sites is 1. The van der Waals surface area contributed by atoms with Crippen LogP contribution in [0.15, 0.2) is 18.2 Å². The third-order valence-electron chi connectivity index (χ3n) is 2.07. The first-order valence-corrected chi connectivity index (χ1v) is 4.57. The number of carboxylic acid groups (broad SMARTS) is 1. The first-order chi connectivity index (χ1) is 7.27. The Kier molecular flexibility index (Phi) is 2.73. The lowest BCUT2D eigenvalue weighted by atomic mass is 10.2. The summed E-state index contributed by atoms with van der Waals surface area (Å²) in [6, 6.07) is 5.55. The Morgan fingerprint density at radius 2 is 2.33 bits per heavy atom. The molecule has 1 heterocycles. The summed E-state index contributed by atoms with van der Waals surface area (Å²) in [6.45, 7) is 0.620. The molecule has 2 N–H and O–H groups in total. The van der Waals surface area contributed by atoms with Gasteiger partial charge in [-0.1, -0.05) is 12.1 Å². The highest BCUT2D eigenvalue weighted by Crippen LogP contribution is 2.34. The molecule has 1 aromatic rings. The lowest BCUT2D eigenvalue weighted by Gasteiger charge is -2.05. The highest BCUT2D eigenvalue weighted by Gasteiger charge is 2.16. The number of benzene rings is 1. The van der Waals surface area contributed by atoms with E-state index in [9.17, 15) is 4.79 Å². The molecule has 0 atom stereocenters. The minimum atomic E-state index is -0.875. The third-order valence-corrected chi connectivity index (χ3v) is 2.07. The minimum absolute atomic E-state index is 0.0650. The Bertz CT molecular complexity index is 378. The summed E-state index contributed by atoms with van der Waals surface area (Å²) < 4.78 is 10.5. The maximum Gasteiger partial charge on any atom is 0.317 e. The van der Waals surface area contributed by atoms with E-state index in [4.69, 9.17) is 14.6 Å². The number of fused-ring (bicyclic) bond motifs is 1. The Morgan fingerprint density at radius 1 is 1.47 bits per heavy atom. The van der Waals surface area contributed by atoms with Crippen LogP contribution in [0.25, 0.3) is 0 Å². The number of ether oxygens (including phenoxy) is 2. The predicted molar refractivity (Wildman–Crippen MR) is 51.9 cm³/mol. The average molecular weight is 209 g/mol. The molecule has 80 valence electrons. The molecule has 1 aliphatic rings. The summed E-state index contributed by atoms with van der Waals surface area (Å²) in [5.41, 5.74) is 0.909. The number of hydrogen-bond acceptors (Lipinski definition) is 4. The van der Waals surface area contributed by atoms with Crippen LogP contribution in [-0.2, 0) is 11.3 Å². The second-order valence-corrected chi connectivity index (χ2v) is 3.15. The van der Waals surface area contributed by atoms with E-state index in [-0.39, 0.29) is 13.3 Å². The van der Waals surface area contributed by atoms with Crippen LogP contribution in [0.3, 0.4) is 0 Å². The van der Waals surface area contributed by atoms with Crippen LogP contribution in [0, 0.1) is 0 Å². The molecule has 0 spiro atoms. The van der Waals surface area contributed by atoms with Gasteiger partial charge < -0.3 is 19.9 Å². The van der Waals surface area contributed by atoms with Crippen molar-refractivity contribution in [3.05, 3.63) is 23.8 Å². The largest absolute Gasteiger partial charge is 0.480 e. The van der Waals surface area contributed by atoms with Crippen molar-refractivity contribution < 1.29 is 19.4 Å². The smallest absolute Gasteiger partial charge is 0.317 e. The summed E-state index contributed by atoms with van der Waals surface area (Å²) in [4.78, 5) is 10.3. The summed E-state index contributed by atoms with van der Waals surface area (Å²) in [5.74, 6) is 0.541. The van der Waals surface area contributed by atoms with Gasteiger partial charge in [0.15, 0.2) is 11.5 Å². The van der Waals surface area contributed by atoms with Crippen molar-refractivity contribution in [3.8, 4) is 11.5 Å². The van der Waals surface area contributed by atoms with Gasteiger partial charge in [0.05, 0.1) is 6.54 Å². The predicted octanol–water partition coefficient (Wildman–Crippen LogP) is 0.589. The van der Waals surface area contributed by atoms with Crippen LogP contribution in [0.5, 0.6) is 11.5 Å². The molecular weight excluding hydrogens is 198 g/mol. The summed E-state index contributed by atoms with van der Waals surface area (Å²) in [6.07, 6.45) is 0. The first kappa shape index (κ1) is 9.79. The average Bonchev–Trinajstić information content (AvgIpc) is 2.65. The van der Waals surface area contributed by atoms with Crippen molar-refractivity contribution in [3.63, 3.8) is 0 Å². The van der Waals surface area contributed by atoms with Crippen LogP contribution in [0.2, 0.25) is 0 Å². The van der Waals surface area contributed by atoms with Gasteiger partial charge in [0, 0.05) is 12.1 Å². The van der Waals surface area contributed by atoms with Crippen LogP contribution in [0.1, 0.15) is 5.56 Å². The van der Waals surface area contributed by atoms with Gasteiger partial charge in [-0.3, -0.25) is 4.79 Å². The van der Waals surface area contributed by atoms with Gasteiger partial charge in [-0.15, -0.1) is 0 Å². The van der Waals surface area contributed by atoms with Gasteiger partial charge in [-0.2, -0.15) is 0 Å². The van der Waals surface area contributed by atoms with Gasteiger partial charge >= 0.3 is 5.97 Å². The lowest BCUT2D eigenvalue weighted by molar-refractivity contribution is -0.136. The second kappa shape index (κ2) is 4.18. The molecule has 5 nitrogen and oxygen atoms in total. The van der Waals surface area contributed by atoms with E-state index in [0.717, 1.165) is 5.56 Å². The highest BCUT2D eigenvalue weighted by atomic mass is 16.7. The quantitative estimate of drug-likeness (QED) is 0.759. The lowest BCUT2D eigenvalue weighted by Crippen LogP contribution is -2.21. The van der Waals surface area contributed by atoms with E-state index in [0.29, 0.717) is 18.0 Å². The fourth-order valence-electron chi connectivity index (χ4n) is 1.43. The SMILES string of the molecule is O=C(O)CNCc1cccc2c1OCO2. The highest BCUT2D eigenvalue weighted by molar-refractivity contribution is 5.69. The molecule has 5 heteroatoms. The fraction of sp³-hybridized carbons (Fsp3) is 0.300. The third kappa shape index (κ3) is 2.19. The number of nitrogens with one attached hydrogen (secondary N) is 1. The first-order valence-electron chi connectivity index (χ1n) is 4.57. The number of rotatable bonds is 4. The number of aliphatic carboxylic acids is 1. The molecule has 0 amide bonds. The molecule has 0 fully saturated rings. The van der Waals surface area contributed by atoms with E-state index in [1.807, 2.05) is 18.2 Å². The van der Waals surface area contributed by atoms with Crippen LogP contribution < -0.4 is 14.8 Å². The topological polar surface area (TPSA) is 67.8 Å². The van der Waals surface area contributed by atoms with Crippen molar-refractivity contribution in [2.75, 3.05) is 13.3 Å². The van der Waals surface area contributed by atoms with Gasteiger partial charge in [-0.05, 0) is 6.07 Å². The normalized spacial score (nSPS) is 12.8. The zero-order valence-corrected chi connectivity index (χ0v) is 8.03. The molecule has 0 saturated heterocycles. The molecule has 15 heavy (non-hydrogen) atoms. The Morgan fingerprint density at radius 3 is 3.13 bits per heavy atom. The van der Waals surface area contributed by atoms with Crippen LogP contribution >= 0.6 is 0 Å². The maximum atomic E-state index is 10.3. The molecule has 0 aliphatic carbocycles. The molecule has 0 radical (unpaired) electrons. The monoisotopic (exact) mass is 209 g/mol. The standard InChI is InChI=1S/C10H11NO4/c12-9(13)5-11-4-7-2-1-3-8-10(7)15-6-14-8/h1-3,11H,4-6H2,(H,12,13). The van der Waals surface area contributed by atoms with Crippen molar-refractivity contribution in [2.45, 2.75) is 6.54 Å². The molecule has 2 rings (SSSR count). The number of carbonyl (C=O) groups is 1. The zero-order chi connectivity index (χ0) is 10.7. The van der Waals surface area contributed by atoms with E-state index in [1.54, 1.807) is 0 Å². The number of hydrogen-bond donors (Lipinski definition) is 2. The number of carboxylic acids is 1. The maximum absolute atomic E-state index is 10.3. The zero-order valence-electron chi connectivity index (χ0n) is 8.03. The van der Waals surface area contributed by atoms with E-state index in [2.05, 4.69) is 5.32 Å². The Hall–Kier alpha value is -1.75. The van der Waals surface area contributed by atoms with Crippen molar-refractivity contribution in [2.24, 2.45) is 0 Å². The second-order valence-electron chi connectivity index (χ2n) is 3.15. The van der Waals surface area contributed by atoms with Gasteiger partial charge in [0.1, 0.15) is 0 Å². The van der Waals surface area contributed by atoms with Crippen molar-refractivity contribution in [1.82, 2.24) is 5.32 Å². The van der Waals surface area contributed by atoms with E-state index < -0.39 is 5.97 Å². The van der Waals surface area contributed by atoms with E-state index >= 15 is 0 Å². The fourth-order valence-corrected chi connectivity index (χ4v) is 1.43. The van der Waals surface area contributed by atoms with Crippen LogP contribution in [-0.4, -0.2) is 24.4 Å². The van der Waals surface area contributed by atoms with E-state index in [1.165, 1.54) is 0 Å². The van der Waals surface area contributed by atoms with Gasteiger partial charge in [-0.25, -0.2) is 0 Å². The van der Waals surface area contributed by atoms with Crippen LogP contribution in [0.4, 0.5) is 0 Å². The van der Waals surface area contributed by atoms with Crippen molar-refractivity contribution in [1.29, 1.82) is 0 Å². The van der Waals surface area contributed by atoms with Gasteiger partial charge in [0.2, 0.25) is 6.79 Å². The molecule has 0 aromatic heterocycles. The summed E-state index contributed by atoms with van der Waals surface area (Å²) >= 11 is 0. The minimum Gasteiger partial charge on any atom is -0.480 e. The summed E-state index contributed by atoms with van der Waals surface area (Å²) in [5, 5.41) is 11.3. The molecule has 1 aromatic carbocycles. The van der Waals surface area contributed by atoms with Crippen molar-refractivity contribution >= 4 is 5.97 Å². The molecule has 0 bridgehead atoms. The Labute approximate surface area is 86.6 Å². The molecular formula is C10H11NO4.